The molecule has 2 heterocycles. The first kappa shape index (κ1) is 13.5. The molecule has 0 bridgehead atoms. The van der Waals surface area contributed by atoms with Crippen LogP contribution in [0.25, 0.3) is 5.65 Å². The van der Waals surface area contributed by atoms with Gasteiger partial charge in [-0.1, -0.05) is 29.8 Å². The van der Waals surface area contributed by atoms with Crippen LogP contribution in [0.1, 0.15) is 16.1 Å². The van der Waals surface area contributed by atoms with Gasteiger partial charge in [0.05, 0.1) is 6.20 Å². The fourth-order valence-corrected chi connectivity index (χ4v) is 2.02. The molecular weight excluding hydrogens is 295 g/mol. The Labute approximate surface area is 124 Å². The van der Waals surface area contributed by atoms with E-state index in [-0.39, 0.29) is 18.1 Å². The van der Waals surface area contributed by atoms with Gasteiger partial charge in [0.1, 0.15) is 16.7 Å². The first-order chi connectivity index (χ1) is 10.1. The molecule has 21 heavy (non-hydrogen) atoms. The van der Waals surface area contributed by atoms with E-state index >= 15 is 0 Å². The average Bonchev–Trinajstić information content (AvgIpc) is 2.89. The third-order valence-corrected chi connectivity index (χ3v) is 3.12. The van der Waals surface area contributed by atoms with Crippen molar-refractivity contribution in [2.75, 3.05) is 0 Å². The van der Waals surface area contributed by atoms with Crippen molar-refractivity contribution in [2.45, 2.75) is 6.54 Å². The smallest absolute Gasteiger partial charge is 0.271 e. The van der Waals surface area contributed by atoms with Crippen LogP contribution < -0.4 is 5.32 Å². The maximum absolute atomic E-state index is 13.5. The molecule has 0 atom stereocenters. The normalized spacial score (nSPS) is 10.8. The van der Waals surface area contributed by atoms with Crippen LogP contribution in [-0.4, -0.2) is 20.5 Å². The molecule has 0 aliphatic heterocycles. The number of nitrogens with one attached hydrogen (secondary N) is 1. The molecule has 0 spiro atoms. The molecule has 0 saturated carbocycles. The molecule has 106 valence electrons. The summed E-state index contributed by atoms with van der Waals surface area (Å²) in [6, 6.07) is 9.51. The summed E-state index contributed by atoms with van der Waals surface area (Å²) >= 11 is 5.76. The van der Waals surface area contributed by atoms with Crippen molar-refractivity contribution in [1.29, 1.82) is 0 Å². The van der Waals surface area contributed by atoms with Gasteiger partial charge in [0.15, 0.2) is 5.65 Å². The van der Waals surface area contributed by atoms with Crippen LogP contribution >= 0.6 is 11.6 Å². The van der Waals surface area contributed by atoms with E-state index in [4.69, 9.17) is 11.6 Å². The van der Waals surface area contributed by atoms with Crippen LogP contribution in [0.3, 0.4) is 0 Å². The monoisotopic (exact) mass is 304 g/mol. The maximum Gasteiger partial charge on any atom is 0.271 e. The lowest BCUT2D eigenvalue weighted by Crippen LogP contribution is -2.23. The van der Waals surface area contributed by atoms with Crippen molar-refractivity contribution in [3.63, 3.8) is 0 Å². The average molecular weight is 305 g/mol. The summed E-state index contributed by atoms with van der Waals surface area (Å²) in [5.74, 6) is -0.763. The molecule has 5 nitrogen and oxygen atoms in total. The fourth-order valence-electron chi connectivity index (χ4n) is 1.88. The predicted octanol–water partition coefficient (Wildman–Crippen LogP) is 2.45. The van der Waals surface area contributed by atoms with Gasteiger partial charge < -0.3 is 5.32 Å². The third-order valence-electron chi connectivity index (χ3n) is 2.92. The minimum absolute atomic E-state index is 0.0908. The molecule has 0 unspecified atom stereocenters. The first-order valence-electron chi connectivity index (χ1n) is 6.17. The maximum atomic E-state index is 13.5. The van der Waals surface area contributed by atoms with E-state index in [9.17, 15) is 9.18 Å². The fraction of sp³-hybridized carbons (Fsp3) is 0.0714. The Balaban J connectivity index is 1.76. The highest BCUT2D eigenvalue weighted by Gasteiger charge is 2.12. The molecule has 0 fully saturated rings. The molecule has 2 aromatic heterocycles. The molecule has 1 N–H and O–H groups in total. The number of imidazole rings is 1. The molecule has 0 aliphatic carbocycles. The van der Waals surface area contributed by atoms with Gasteiger partial charge in [0.25, 0.3) is 5.91 Å². The number of amides is 1. The van der Waals surface area contributed by atoms with Crippen LogP contribution in [0.4, 0.5) is 4.39 Å². The Morgan fingerprint density at radius 2 is 2.10 bits per heavy atom. The number of hydrogen-bond acceptors (Lipinski definition) is 3. The van der Waals surface area contributed by atoms with Gasteiger partial charge in [-0.2, -0.15) is 5.10 Å². The van der Waals surface area contributed by atoms with Crippen molar-refractivity contribution in [1.82, 2.24) is 19.9 Å². The Hall–Kier alpha value is -2.47. The van der Waals surface area contributed by atoms with Gasteiger partial charge in [-0.05, 0) is 18.2 Å². The zero-order valence-electron chi connectivity index (χ0n) is 10.8. The number of fused-ring (bicyclic) bond motifs is 1. The number of hydrogen-bond donors (Lipinski definition) is 1. The van der Waals surface area contributed by atoms with E-state index in [1.165, 1.54) is 16.8 Å². The number of benzene rings is 1. The number of rotatable bonds is 3. The van der Waals surface area contributed by atoms with Crippen LogP contribution in [-0.2, 0) is 6.54 Å². The van der Waals surface area contributed by atoms with E-state index in [1.54, 1.807) is 30.3 Å². The van der Waals surface area contributed by atoms with Gasteiger partial charge in [-0.3, -0.25) is 4.79 Å². The summed E-state index contributed by atoms with van der Waals surface area (Å²) in [6.07, 6.45) is 1.47. The lowest BCUT2D eigenvalue weighted by molar-refractivity contribution is 0.0946. The van der Waals surface area contributed by atoms with Crippen molar-refractivity contribution >= 4 is 23.2 Å². The van der Waals surface area contributed by atoms with Gasteiger partial charge in [0.2, 0.25) is 0 Å². The number of carbonyl (C=O) groups is 1. The molecule has 7 heteroatoms. The second-order valence-corrected chi connectivity index (χ2v) is 4.75. The number of carbonyl (C=O) groups excluding carboxylic acids is 1. The minimum Gasteiger partial charge on any atom is -0.346 e. The van der Waals surface area contributed by atoms with Crippen molar-refractivity contribution < 1.29 is 9.18 Å². The van der Waals surface area contributed by atoms with E-state index in [0.29, 0.717) is 16.4 Å². The zero-order chi connectivity index (χ0) is 14.8. The number of aromatic nitrogens is 3. The first-order valence-corrected chi connectivity index (χ1v) is 6.55. The largest absolute Gasteiger partial charge is 0.346 e. The van der Waals surface area contributed by atoms with Crippen molar-refractivity contribution in [3.8, 4) is 0 Å². The minimum atomic E-state index is -0.403. The zero-order valence-corrected chi connectivity index (χ0v) is 11.5. The van der Waals surface area contributed by atoms with Gasteiger partial charge in [0, 0.05) is 12.1 Å². The molecule has 3 aromatic rings. The molecule has 0 saturated heterocycles. The molecule has 0 aliphatic rings. The Kier molecular flexibility index (Phi) is 3.53. The van der Waals surface area contributed by atoms with Gasteiger partial charge in [-0.15, -0.1) is 0 Å². The molecule has 1 aromatic carbocycles. The summed E-state index contributed by atoms with van der Waals surface area (Å²) in [6.45, 7) is 0.0908. The van der Waals surface area contributed by atoms with Gasteiger partial charge >= 0.3 is 0 Å². The number of nitrogens with zero attached hydrogens (tertiary/aromatic N) is 3. The van der Waals surface area contributed by atoms with E-state index in [2.05, 4.69) is 15.4 Å². The summed E-state index contributed by atoms with van der Waals surface area (Å²) in [7, 11) is 0. The summed E-state index contributed by atoms with van der Waals surface area (Å²) in [5, 5.41) is 6.91. The second kappa shape index (κ2) is 5.49. The highest BCUT2D eigenvalue weighted by molar-refractivity contribution is 6.29. The lowest BCUT2D eigenvalue weighted by atomic mass is 10.2. The van der Waals surface area contributed by atoms with E-state index in [0.717, 1.165) is 0 Å². The third kappa shape index (κ3) is 2.85. The number of halogens is 2. The van der Waals surface area contributed by atoms with Crippen LogP contribution in [0.15, 0.2) is 42.6 Å². The summed E-state index contributed by atoms with van der Waals surface area (Å²) in [5.41, 5.74) is 1.12. The van der Waals surface area contributed by atoms with Gasteiger partial charge in [-0.25, -0.2) is 13.9 Å². The Morgan fingerprint density at radius 3 is 2.90 bits per heavy atom. The SMILES string of the molecule is O=C(NCc1ccccc1F)c1cn2nc(Cl)ccc2n1. The standard InChI is InChI=1S/C14H10ClFN4O/c15-12-5-6-13-18-11(8-20(13)19-12)14(21)17-7-9-3-1-2-4-10(9)16/h1-6,8H,7H2,(H,17,21). The van der Waals surface area contributed by atoms with Crippen LogP contribution in [0.2, 0.25) is 5.15 Å². The predicted molar refractivity (Wildman–Crippen MR) is 75.6 cm³/mol. The van der Waals surface area contributed by atoms with E-state index in [1.807, 2.05) is 0 Å². The highest BCUT2D eigenvalue weighted by Crippen LogP contribution is 2.09. The van der Waals surface area contributed by atoms with E-state index < -0.39 is 5.91 Å². The summed E-state index contributed by atoms with van der Waals surface area (Å²) in [4.78, 5) is 16.1. The highest BCUT2D eigenvalue weighted by atomic mass is 35.5. The Bertz CT molecular complexity index is 818. The quantitative estimate of drug-likeness (QED) is 0.808. The Morgan fingerprint density at radius 1 is 1.29 bits per heavy atom. The molecule has 3 rings (SSSR count). The molecule has 0 radical (unpaired) electrons. The van der Waals surface area contributed by atoms with Crippen LogP contribution in [0.5, 0.6) is 0 Å². The molecular formula is C14H10ClFN4O. The van der Waals surface area contributed by atoms with Crippen LogP contribution in [0, 0.1) is 5.82 Å². The molecule has 1 amide bonds. The topological polar surface area (TPSA) is 59.3 Å². The summed E-state index contributed by atoms with van der Waals surface area (Å²) < 4.78 is 14.9. The van der Waals surface area contributed by atoms with Crippen molar-refractivity contribution in [3.05, 3.63) is 64.8 Å². The lowest BCUT2D eigenvalue weighted by Gasteiger charge is -2.04. The van der Waals surface area contributed by atoms with Crippen molar-refractivity contribution in [2.24, 2.45) is 0 Å². The second-order valence-electron chi connectivity index (χ2n) is 4.36.